The van der Waals surface area contributed by atoms with Gasteiger partial charge >= 0.3 is 35.9 Å². The van der Waals surface area contributed by atoms with Crippen molar-refractivity contribution in [2.24, 2.45) is 0 Å². The van der Waals surface area contributed by atoms with E-state index in [-0.39, 0.29) is 0 Å². The molecule has 0 amide bonds. The van der Waals surface area contributed by atoms with Crippen LogP contribution in [0.5, 0.6) is 0 Å². The van der Waals surface area contributed by atoms with Gasteiger partial charge in [-0.1, -0.05) is 0 Å². The lowest BCUT2D eigenvalue weighted by molar-refractivity contribution is -0.464. The third kappa shape index (κ3) is 2.62. The largest absolute Gasteiger partial charge is 0.430 e. The van der Waals surface area contributed by atoms with Crippen molar-refractivity contribution in [3.63, 3.8) is 0 Å². The molecule has 1 saturated heterocycles. The SMILES string of the molecule is CC(F)(F)C1(C)OC(C(F)(F)F)(C(F)(F)F)C(C(F)(F)F)(C(F)(F)F)O1. The third-order valence-electron chi connectivity index (χ3n) is 3.59. The minimum atomic E-state index is -7.51. The van der Waals surface area contributed by atoms with Gasteiger partial charge in [-0.15, -0.1) is 0 Å². The maximum absolute atomic E-state index is 13.3. The first-order valence-corrected chi connectivity index (χ1v) is 5.96. The summed E-state index contributed by atoms with van der Waals surface area (Å²) in [7, 11) is 0. The van der Waals surface area contributed by atoms with Crippen molar-refractivity contribution in [2.45, 2.75) is 61.5 Å². The van der Waals surface area contributed by atoms with Crippen LogP contribution in [0.1, 0.15) is 13.8 Å². The van der Waals surface area contributed by atoms with Gasteiger partial charge < -0.3 is 9.47 Å². The van der Waals surface area contributed by atoms with Crippen LogP contribution in [0.25, 0.3) is 0 Å². The Kier molecular flexibility index (Phi) is 4.65. The van der Waals surface area contributed by atoms with E-state index in [9.17, 15) is 61.5 Å². The summed E-state index contributed by atoms with van der Waals surface area (Å²) in [5, 5.41) is 0. The molecule has 0 aromatic carbocycles. The maximum Gasteiger partial charge on any atom is 0.430 e. The first kappa shape index (κ1) is 23.0. The molecule has 0 radical (unpaired) electrons. The van der Waals surface area contributed by atoms with Crippen LogP contribution in [0, 0.1) is 0 Å². The Labute approximate surface area is 134 Å². The highest BCUT2D eigenvalue weighted by Gasteiger charge is 3.01. The lowest BCUT2D eigenvalue weighted by atomic mass is 9.79. The topological polar surface area (TPSA) is 18.5 Å². The standard InChI is InChI=1S/C10H6F14O2/c1-3(11,12)4(2)25-5(7(13,14)15,8(16,17)18)6(26-4,9(19,20)21)10(22,23)24/h1-2H3. The van der Waals surface area contributed by atoms with Gasteiger partial charge in [-0.25, -0.2) is 8.78 Å². The molecule has 0 aromatic heterocycles. The highest BCUT2D eigenvalue weighted by molar-refractivity contribution is 5.23. The second-order valence-corrected chi connectivity index (χ2v) is 5.39. The van der Waals surface area contributed by atoms with Crippen molar-refractivity contribution in [1.82, 2.24) is 0 Å². The van der Waals surface area contributed by atoms with Gasteiger partial charge in [0.2, 0.25) is 5.79 Å². The van der Waals surface area contributed by atoms with Gasteiger partial charge in [0.05, 0.1) is 0 Å². The molecule has 1 heterocycles. The second kappa shape index (κ2) is 5.26. The predicted molar refractivity (Wildman–Crippen MR) is 50.9 cm³/mol. The number of rotatable bonds is 1. The van der Waals surface area contributed by atoms with Gasteiger partial charge in [-0.05, 0) is 6.92 Å². The summed E-state index contributed by atoms with van der Waals surface area (Å²) in [6.07, 6.45) is -30.1. The van der Waals surface area contributed by atoms with Crippen molar-refractivity contribution in [1.29, 1.82) is 0 Å². The molecular formula is C10H6F14O2. The summed E-state index contributed by atoms with van der Waals surface area (Å²) in [5.41, 5.74) is -14.4. The van der Waals surface area contributed by atoms with Crippen LogP contribution in [-0.4, -0.2) is 47.6 Å². The van der Waals surface area contributed by atoms with Gasteiger partial charge in [-0.2, -0.15) is 52.7 Å². The highest BCUT2D eigenvalue weighted by atomic mass is 19.4. The molecule has 0 aliphatic carbocycles. The minimum absolute atomic E-state index is 0.576. The van der Waals surface area contributed by atoms with Gasteiger partial charge in [0.15, 0.2) is 0 Å². The quantitative estimate of drug-likeness (QED) is 0.544. The summed E-state index contributed by atoms with van der Waals surface area (Å²) < 4.78 is 189. The van der Waals surface area contributed by atoms with E-state index in [1.165, 1.54) is 0 Å². The molecule has 156 valence electrons. The molecule has 1 aliphatic rings. The van der Waals surface area contributed by atoms with Crippen molar-refractivity contribution in [2.75, 3.05) is 0 Å². The van der Waals surface area contributed by atoms with E-state index in [0.29, 0.717) is 0 Å². The zero-order valence-electron chi connectivity index (χ0n) is 12.1. The maximum atomic E-state index is 13.3. The summed E-state index contributed by atoms with van der Waals surface area (Å²) in [6, 6.07) is 0. The Morgan fingerprint density at radius 3 is 0.808 bits per heavy atom. The monoisotopic (exact) mass is 424 g/mol. The first-order chi connectivity index (χ1) is 10.9. The molecule has 0 bridgehead atoms. The molecule has 0 aromatic rings. The number of halogens is 14. The van der Waals surface area contributed by atoms with E-state index in [4.69, 9.17) is 0 Å². The third-order valence-corrected chi connectivity index (χ3v) is 3.59. The van der Waals surface area contributed by atoms with E-state index in [1.54, 1.807) is 0 Å². The molecule has 0 spiro atoms. The molecule has 1 rings (SSSR count). The Bertz CT molecular complexity index is 477. The Morgan fingerprint density at radius 1 is 0.500 bits per heavy atom. The van der Waals surface area contributed by atoms with Crippen molar-refractivity contribution < 1.29 is 70.9 Å². The first-order valence-electron chi connectivity index (χ1n) is 5.96. The minimum Gasteiger partial charge on any atom is -0.317 e. The van der Waals surface area contributed by atoms with E-state index >= 15 is 0 Å². The number of hydrogen-bond acceptors (Lipinski definition) is 2. The fourth-order valence-corrected chi connectivity index (χ4v) is 2.28. The van der Waals surface area contributed by atoms with Crippen molar-refractivity contribution in [3.8, 4) is 0 Å². The fourth-order valence-electron chi connectivity index (χ4n) is 2.28. The lowest BCUT2D eigenvalue weighted by Crippen LogP contribution is -2.79. The molecule has 16 heteroatoms. The van der Waals surface area contributed by atoms with Gasteiger partial charge in [-0.3, -0.25) is 0 Å². The molecule has 0 unspecified atom stereocenters. The van der Waals surface area contributed by atoms with Crippen molar-refractivity contribution in [3.05, 3.63) is 0 Å². The smallest absolute Gasteiger partial charge is 0.317 e. The van der Waals surface area contributed by atoms with Crippen LogP contribution < -0.4 is 0 Å². The van der Waals surface area contributed by atoms with E-state index in [0.717, 1.165) is 0 Å². The molecule has 1 aliphatic heterocycles. The number of hydrogen-bond donors (Lipinski definition) is 0. The Hall–Kier alpha value is -1.06. The lowest BCUT2D eigenvalue weighted by Gasteiger charge is -2.44. The van der Waals surface area contributed by atoms with Crippen LogP contribution in [0.4, 0.5) is 61.5 Å². The number of alkyl halides is 14. The van der Waals surface area contributed by atoms with Gasteiger partial charge in [0, 0.05) is 6.92 Å². The number of ether oxygens (including phenoxy) is 2. The van der Waals surface area contributed by atoms with Crippen LogP contribution in [0.15, 0.2) is 0 Å². The summed E-state index contributed by atoms with van der Waals surface area (Å²) in [5.74, 6) is -10.0. The van der Waals surface area contributed by atoms with E-state index < -0.39 is 61.5 Å². The average Bonchev–Trinajstić information content (AvgIpc) is 2.59. The Balaban J connectivity index is 4.17. The van der Waals surface area contributed by atoms with E-state index in [2.05, 4.69) is 9.47 Å². The summed E-state index contributed by atoms with van der Waals surface area (Å²) in [6.45, 7) is -1.17. The molecule has 26 heavy (non-hydrogen) atoms. The molecule has 1 fully saturated rings. The second-order valence-electron chi connectivity index (χ2n) is 5.39. The molecule has 0 N–H and O–H groups in total. The van der Waals surface area contributed by atoms with Crippen LogP contribution in [-0.2, 0) is 9.47 Å². The Morgan fingerprint density at radius 2 is 0.692 bits per heavy atom. The summed E-state index contributed by atoms with van der Waals surface area (Å²) >= 11 is 0. The van der Waals surface area contributed by atoms with E-state index in [1.807, 2.05) is 0 Å². The molecular weight excluding hydrogens is 418 g/mol. The van der Waals surface area contributed by atoms with Crippen LogP contribution >= 0.6 is 0 Å². The molecule has 0 atom stereocenters. The highest BCUT2D eigenvalue weighted by Crippen LogP contribution is 2.69. The fraction of sp³-hybridized carbons (Fsp3) is 1.00. The molecule has 2 nitrogen and oxygen atoms in total. The van der Waals surface area contributed by atoms with Crippen LogP contribution in [0.2, 0.25) is 0 Å². The van der Waals surface area contributed by atoms with Gasteiger partial charge in [0.25, 0.3) is 5.92 Å². The average molecular weight is 424 g/mol. The predicted octanol–water partition coefficient (Wildman–Crippen LogP) is 5.13. The zero-order valence-corrected chi connectivity index (χ0v) is 12.1. The van der Waals surface area contributed by atoms with Crippen molar-refractivity contribution >= 4 is 0 Å². The zero-order chi connectivity index (χ0) is 21.4. The van der Waals surface area contributed by atoms with Gasteiger partial charge in [0.1, 0.15) is 0 Å². The summed E-state index contributed by atoms with van der Waals surface area (Å²) in [4.78, 5) is 0. The normalized spacial score (nSPS) is 24.0. The molecule has 0 saturated carbocycles. The van der Waals surface area contributed by atoms with Crippen LogP contribution in [0.3, 0.4) is 0 Å².